The molecule has 0 spiro atoms. The molecule has 0 saturated heterocycles. The van der Waals surface area contributed by atoms with Crippen molar-refractivity contribution in [3.8, 4) is 12.5 Å². The number of nitrogens with one attached hydrogen (secondary N) is 2. The van der Waals surface area contributed by atoms with Crippen molar-refractivity contribution in [2.24, 2.45) is 5.73 Å². The van der Waals surface area contributed by atoms with Gasteiger partial charge in [0.1, 0.15) is 17.7 Å². The molecule has 38 heavy (non-hydrogen) atoms. The zero-order valence-electron chi connectivity index (χ0n) is 22.5. The van der Waals surface area contributed by atoms with Crippen LogP contribution in [-0.4, -0.2) is 40.4 Å². The molecule has 2 atom stereocenters. The zero-order valence-corrected chi connectivity index (χ0v) is 22.5. The van der Waals surface area contributed by atoms with Crippen LogP contribution in [0.25, 0.3) is 0 Å². The predicted molar refractivity (Wildman–Crippen MR) is 146 cm³/mol. The fourth-order valence-electron chi connectivity index (χ4n) is 3.69. The molecule has 2 aromatic rings. The van der Waals surface area contributed by atoms with Crippen LogP contribution in [0.15, 0.2) is 48.5 Å². The fraction of sp³-hybridized carbons (Fsp3) is 0.379. The molecule has 4 amide bonds. The van der Waals surface area contributed by atoms with Crippen molar-refractivity contribution in [2.45, 2.75) is 71.6 Å². The van der Waals surface area contributed by atoms with E-state index < -0.39 is 41.5 Å². The molecule has 4 N–H and O–H groups in total. The summed E-state index contributed by atoms with van der Waals surface area (Å²) in [7, 11) is 0. The molecule has 0 bridgehead atoms. The van der Waals surface area contributed by atoms with E-state index in [4.69, 9.17) is 16.9 Å². The van der Waals surface area contributed by atoms with Crippen molar-refractivity contribution in [1.29, 1.82) is 0 Å². The molecule has 0 aromatic heterocycles. The van der Waals surface area contributed by atoms with Gasteiger partial charge in [0.2, 0.25) is 5.91 Å². The summed E-state index contributed by atoms with van der Waals surface area (Å²) in [5.74, 6) is -1.96. The Labute approximate surface area is 224 Å². The van der Waals surface area contributed by atoms with Crippen LogP contribution in [0.5, 0.6) is 0 Å². The van der Waals surface area contributed by atoms with E-state index in [1.165, 1.54) is 0 Å². The van der Waals surface area contributed by atoms with E-state index in [-0.39, 0.29) is 12.8 Å². The minimum Gasteiger partial charge on any atom is -0.444 e. The van der Waals surface area contributed by atoms with Crippen molar-refractivity contribution < 1.29 is 23.9 Å². The molecule has 2 unspecified atom stereocenters. The van der Waals surface area contributed by atoms with Gasteiger partial charge < -0.3 is 21.1 Å². The molecule has 0 saturated carbocycles. The van der Waals surface area contributed by atoms with Crippen molar-refractivity contribution in [2.75, 3.05) is 5.32 Å². The van der Waals surface area contributed by atoms with Gasteiger partial charge in [-0.2, -0.15) is 0 Å². The monoisotopic (exact) mass is 520 g/mol. The van der Waals surface area contributed by atoms with Crippen molar-refractivity contribution in [1.82, 2.24) is 10.2 Å². The zero-order chi connectivity index (χ0) is 28.5. The number of rotatable bonds is 10. The van der Waals surface area contributed by atoms with Crippen LogP contribution in [0, 0.1) is 19.4 Å². The maximum absolute atomic E-state index is 13.7. The summed E-state index contributed by atoms with van der Waals surface area (Å²) in [5, 5.41) is 5.33. The molecule has 0 aliphatic carbocycles. The van der Waals surface area contributed by atoms with Gasteiger partial charge >= 0.3 is 6.09 Å². The lowest BCUT2D eigenvalue weighted by molar-refractivity contribution is -0.137. The van der Waals surface area contributed by atoms with Gasteiger partial charge in [0.25, 0.3) is 11.8 Å². The largest absolute Gasteiger partial charge is 0.444 e. The number of nitrogens with two attached hydrogens (primary N) is 1. The molecular weight excluding hydrogens is 484 g/mol. The number of amides is 4. The van der Waals surface area contributed by atoms with Gasteiger partial charge in [0.05, 0.1) is 0 Å². The van der Waals surface area contributed by atoms with Gasteiger partial charge in [0, 0.05) is 18.2 Å². The lowest BCUT2D eigenvalue weighted by Gasteiger charge is -2.30. The maximum Gasteiger partial charge on any atom is 0.408 e. The lowest BCUT2D eigenvalue weighted by atomic mass is 10.00. The van der Waals surface area contributed by atoms with E-state index in [0.29, 0.717) is 11.3 Å². The molecular formula is C29H36N4O5. The Morgan fingerprint density at radius 2 is 1.71 bits per heavy atom. The number of anilines is 1. The summed E-state index contributed by atoms with van der Waals surface area (Å²) in [6.45, 7) is 8.86. The number of hydrogen-bond acceptors (Lipinski definition) is 5. The highest BCUT2D eigenvalue weighted by atomic mass is 16.6. The van der Waals surface area contributed by atoms with Crippen molar-refractivity contribution in [3.63, 3.8) is 0 Å². The number of para-hydroxylation sites is 1. The molecule has 9 nitrogen and oxygen atoms in total. The van der Waals surface area contributed by atoms with Crippen LogP contribution in [-0.2, 0) is 25.5 Å². The number of benzene rings is 2. The smallest absolute Gasteiger partial charge is 0.408 e. The summed E-state index contributed by atoms with van der Waals surface area (Å²) in [6, 6.07) is 14.2. The van der Waals surface area contributed by atoms with E-state index in [0.717, 1.165) is 22.4 Å². The van der Waals surface area contributed by atoms with Crippen LogP contribution in [0.2, 0.25) is 0 Å². The number of primary amides is 1. The molecule has 0 fully saturated rings. The third-order valence-electron chi connectivity index (χ3n) is 5.66. The number of ether oxygens (including phenoxy) is 1. The molecule has 0 radical (unpaired) electrons. The third kappa shape index (κ3) is 8.66. The first-order chi connectivity index (χ1) is 17.9. The molecule has 2 rings (SSSR count). The van der Waals surface area contributed by atoms with Crippen LogP contribution >= 0.6 is 0 Å². The first kappa shape index (κ1) is 29.9. The van der Waals surface area contributed by atoms with Crippen molar-refractivity contribution in [3.05, 3.63) is 65.2 Å². The topological polar surface area (TPSA) is 131 Å². The van der Waals surface area contributed by atoms with Crippen LogP contribution in [0.3, 0.4) is 0 Å². The summed E-state index contributed by atoms with van der Waals surface area (Å²) in [6.07, 6.45) is 5.38. The minimum atomic E-state index is -1.27. The molecule has 0 heterocycles. The third-order valence-corrected chi connectivity index (χ3v) is 5.66. The highest BCUT2D eigenvalue weighted by Crippen LogP contribution is 2.26. The second-order valence-electron chi connectivity index (χ2n) is 9.84. The average molecular weight is 521 g/mol. The van der Waals surface area contributed by atoms with Crippen molar-refractivity contribution >= 4 is 29.5 Å². The molecule has 0 aliphatic rings. The fourth-order valence-corrected chi connectivity index (χ4v) is 3.69. The van der Waals surface area contributed by atoms with Gasteiger partial charge in [-0.3, -0.25) is 19.3 Å². The highest BCUT2D eigenvalue weighted by molar-refractivity contribution is 6.00. The van der Waals surface area contributed by atoms with Gasteiger partial charge in [-0.05, 0) is 63.3 Å². The van der Waals surface area contributed by atoms with E-state index in [1.807, 2.05) is 38.1 Å². The predicted octanol–water partition coefficient (Wildman–Crippen LogP) is 3.82. The number of alkyl carbamates (subject to hydrolysis) is 1. The lowest BCUT2D eigenvalue weighted by Crippen LogP contribution is -2.51. The summed E-state index contributed by atoms with van der Waals surface area (Å²) in [5.41, 5.74) is 7.37. The summed E-state index contributed by atoms with van der Waals surface area (Å²) >= 11 is 0. The Morgan fingerprint density at radius 1 is 1.08 bits per heavy atom. The first-order valence-electron chi connectivity index (χ1n) is 12.4. The Balaban J connectivity index is 2.48. The van der Waals surface area contributed by atoms with E-state index in [2.05, 4.69) is 16.7 Å². The number of hydrogen-bond donors (Lipinski definition) is 3. The van der Waals surface area contributed by atoms with Gasteiger partial charge in [-0.25, -0.2) is 4.79 Å². The summed E-state index contributed by atoms with van der Waals surface area (Å²) < 4.78 is 5.28. The van der Waals surface area contributed by atoms with E-state index in [1.54, 1.807) is 45.0 Å². The van der Waals surface area contributed by atoms with E-state index >= 15 is 0 Å². The second kappa shape index (κ2) is 13.3. The number of aryl methyl sites for hydroxylation is 2. The quantitative estimate of drug-likeness (QED) is 0.324. The first-order valence-corrected chi connectivity index (χ1v) is 12.4. The standard InChI is InChI=1S/C29H36N4O5/c1-7-20-13-15-21(16-14-20)25(26(35)31-22-12-10-9-11-19(22)3)33(8-2)27(36)23(17-18-24(30)34)32-28(37)38-29(4,5)6/h2,9-16,23,25H,7,17-18H2,1,3-6H3,(H2,30,34)(H,31,35)(H,32,37). The van der Waals surface area contributed by atoms with Gasteiger partial charge in [-0.15, -0.1) is 0 Å². The molecule has 202 valence electrons. The van der Waals surface area contributed by atoms with Crippen LogP contribution < -0.4 is 16.4 Å². The normalized spacial score (nSPS) is 12.4. The minimum absolute atomic E-state index is 0.132. The van der Waals surface area contributed by atoms with E-state index in [9.17, 15) is 19.2 Å². The van der Waals surface area contributed by atoms with Crippen LogP contribution in [0.1, 0.15) is 63.3 Å². The number of terminal acetylenes is 1. The Hall–Kier alpha value is -4.32. The maximum atomic E-state index is 13.7. The van der Waals surface area contributed by atoms with Gasteiger partial charge in [0.15, 0.2) is 0 Å². The SMILES string of the molecule is C#CN(C(=O)C(CCC(N)=O)NC(=O)OC(C)(C)C)C(C(=O)Nc1ccccc1C)c1ccc(CC)cc1. The average Bonchev–Trinajstić information content (AvgIpc) is 2.84. The highest BCUT2D eigenvalue weighted by Gasteiger charge is 2.36. The molecule has 2 aromatic carbocycles. The Kier molecular flexibility index (Phi) is 10.5. The molecule has 0 aliphatic heterocycles. The second-order valence-corrected chi connectivity index (χ2v) is 9.84. The van der Waals surface area contributed by atoms with Gasteiger partial charge in [-0.1, -0.05) is 55.8 Å². The Morgan fingerprint density at radius 3 is 2.24 bits per heavy atom. The number of carbonyl (C=O) groups excluding carboxylic acids is 4. The summed E-state index contributed by atoms with van der Waals surface area (Å²) in [4.78, 5) is 52.3. The molecule has 9 heteroatoms. The van der Waals surface area contributed by atoms with Crippen LogP contribution in [0.4, 0.5) is 10.5 Å². The Bertz CT molecular complexity index is 1190. The number of nitrogens with zero attached hydrogens (tertiary/aromatic N) is 1. The number of carbonyl (C=O) groups is 4.